The third kappa shape index (κ3) is 2.35. The van der Waals surface area contributed by atoms with Crippen molar-refractivity contribution in [2.75, 3.05) is 6.54 Å². The largest absolute Gasteiger partial charge is 0.326 e. The van der Waals surface area contributed by atoms with Crippen LogP contribution in [0, 0.1) is 17.5 Å². The lowest BCUT2D eigenvalue weighted by Gasteiger charge is -2.23. The van der Waals surface area contributed by atoms with Crippen molar-refractivity contribution < 1.29 is 21.6 Å². The van der Waals surface area contributed by atoms with E-state index >= 15 is 0 Å². The van der Waals surface area contributed by atoms with Gasteiger partial charge in [0.1, 0.15) is 17.5 Å². The standard InChI is InChI=1S/C11H13F3N2O2S/c1-6-10(15)2-3-16(6)19(17,18)11-8(13)4-7(12)5-9(11)14/h4-6,10H,2-3,15H2,1H3. The molecule has 0 spiro atoms. The second kappa shape index (κ2) is 4.77. The van der Waals surface area contributed by atoms with E-state index in [1.165, 1.54) is 0 Å². The molecular formula is C11H13F3N2O2S. The van der Waals surface area contributed by atoms with Crippen molar-refractivity contribution in [2.24, 2.45) is 5.73 Å². The van der Waals surface area contributed by atoms with Gasteiger partial charge >= 0.3 is 0 Å². The third-order valence-corrected chi connectivity index (χ3v) is 5.32. The van der Waals surface area contributed by atoms with Crippen LogP contribution in [0.15, 0.2) is 17.0 Å². The minimum absolute atomic E-state index is 0.0842. The summed E-state index contributed by atoms with van der Waals surface area (Å²) in [5.41, 5.74) is 5.69. The summed E-state index contributed by atoms with van der Waals surface area (Å²) in [5.74, 6) is -4.05. The highest BCUT2D eigenvalue weighted by atomic mass is 32.2. The second-order valence-corrected chi connectivity index (χ2v) is 6.33. The summed E-state index contributed by atoms with van der Waals surface area (Å²) in [5, 5.41) is 0. The molecule has 2 rings (SSSR count). The van der Waals surface area contributed by atoms with Crippen molar-refractivity contribution in [3.05, 3.63) is 29.6 Å². The zero-order valence-electron chi connectivity index (χ0n) is 10.1. The van der Waals surface area contributed by atoms with Gasteiger partial charge in [0.2, 0.25) is 10.0 Å². The summed E-state index contributed by atoms with van der Waals surface area (Å²) in [6.07, 6.45) is 0.408. The summed E-state index contributed by atoms with van der Waals surface area (Å²) in [6.45, 7) is 1.65. The van der Waals surface area contributed by atoms with E-state index in [4.69, 9.17) is 5.73 Å². The fraction of sp³-hybridized carbons (Fsp3) is 0.455. The van der Waals surface area contributed by atoms with Gasteiger partial charge in [0.25, 0.3) is 0 Å². The summed E-state index contributed by atoms with van der Waals surface area (Å²) < 4.78 is 65.3. The van der Waals surface area contributed by atoms with Gasteiger partial charge in [-0.15, -0.1) is 0 Å². The monoisotopic (exact) mass is 294 g/mol. The molecule has 0 aromatic heterocycles. The number of hydrogen-bond donors (Lipinski definition) is 1. The normalized spacial score (nSPS) is 24.9. The second-order valence-electron chi connectivity index (χ2n) is 4.51. The Morgan fingerprint density at radius 3 is 2.21 bits per heavy atom. The maximum Gasteiger partial charge on any atom is 0.249 e. The van der Waals surface area contributed by atoms with E-state index in [1.807, 2.05) is 0 Å². The molecule has 2 atom stereocenters. The smallest absolute Gasteiger partial charge is 0.249 e. The van der Waals surface area contributed by atoms with E-state index in [0.29, 0.717) is 18.6 Å². The highest BCUT2D eigenvalue weighted by Gasteiger charge is 2.40. The highest BCUT2D eigenvalue weighted by molar-refractivity contribution is 7.89. The number of hydrogen-bond acceptors (Lipinski definition) is 3. The first-order valence-corrected chi connectivity index (χ1v) is 7.11. The molecule has 1 aliphatic heterocycles. The molecular weight excluding hydrogens is 281 g/mol. The molecule has 0 saturated carbocycles. The predicted molar refractivity (Wildman–Crippen MR) is 62.3 cm³/mol. The lowest BCUT2D eigenvalue weighted by Crippen LogP contribution is -2.40. The Hall–Kier alpha value is -1.12. The van der Waals surface area contributed by atoms with Crippen molar-refractivity contribution in [1.82, 2.24) is 4.31 Å². The first-order chi connectivity index (χ1) is 8.75. The lowest BCUT2D eigenvalue weighted by atomic mass is 10.2. The third-order valence-electron chi connectivity index (χ3n) is 3.29. The van der Waals surface area contributed by atoms with Crippen LogP contribution < -0.4 is 5.73 Å². The molecule has 1 heterocycles. The van der Waals surface area contributed by atoms with E-state index in [1.54, 1.807) is 6.92 Å². The van der Waals surface area contributed by atoms with Crippen LogP contribution in [0.3, 0.4) is 0 Å². The molecule has 0 radical (unpaired) electrons. The molecule has 0 aliphatic carbocycles. The van der Waals surface area contributed by atoms with Crippen LogP contribution in [0.5, 0.6) is 0 Å². The summed E-state index contributed by atoms with van der Waals surface area (Å²) in [7, 11) is -4.36. The molecule has 0 amide bonds. The molecule has 2 unspecified atom stereocenters. The van der Waals surface area contributed by atoms with Crippen LogP contribution in [-0.4, -0.2) is 31.4 Å². The molecule has 8 heteroatoms. The fourth-order valence-corrected chi connectivity index (χ4v) is 3.95. The zero-order chi connectivity index (χ0) is 14.4. The van der Waals surface area contributed by atoms with Gasteiger partial charge in [-0.3, -0.25) is 0 Å². The van der Waals surface area contributed by atoms with Crippen molar-refractivity contribution >= 4 is 10.0 Å². The Morgan fingerprint density at radius 2 is 1.79 bits per heavy atom. The van der Waals surface area contributed by atoms with Crippen LogP contribution in [0.2, 0.25) is 0 Å². The molecule has 19 heavy (non-hydrogen) atoms. The number of nitrogens with two attached hydrogens (primary N) is 1. The summed E-state index contributed by atoms with van der Waals surface area (Å²) in [6, 6.07) is -0.261. The molecule has 1 aromatic rings. The van der Waals surface area contributed by atoms with E-state index < -0.39 is 38.4 Å². The van der Waals surface area contributed by atoms with Gasteiger partial charge in [-0.25, -0.2) is 21.6 Å². The Morgan fingerprint density at radius 1 is 1.26 bits per heavy atom. The summed E-state index contributed by atoms with van der Waals surface area (Å²) >= 11 is 0. The number of halogens is 3. The first-order valence-electron chi connectivity index (χ1n) is 5.67. The van der Waals surface area contributed by atoms with E-state index in [-0.39, 0.29) is 12.6 Å². The Bertz CT molecular complexity index is 583. The van der Waals surface area contributed by atoms with Crippen molar-refractivity contribution in [3.8, 4) is 0 Å². The van der Waals surface area contributed by atoms with Gasteiger partial charge in [0.15, 0.2) is 4.90 Å². The molecule has 2 N–H and O–H groups in total. The maximum atomic E-state index is 13.6. The molecule has 106 valence electrons. The lowest BCUT2D eigenvalue weighted by molar-refractivity contribution is 0.385. The van der Waals surface area contributed by atoms with Crippen LogP contribution in [0.25, 0.3) is 0 Å². The fourth-order valence-electron chi connectivity index (χ4n) is 2.17. The van der Waals surface area contributed by atoms with E-state index in [9.17, 15) is 21.6 Å². The first kappa shape index (κ1) is 14.3. The SMILES string of the molecule is CC1C(N)CCN1S(=O)(=O)c1c(F)cc(F)cc1F. The highest BCUT2D eigenvalue weighted by Crippen LogP contribution is 2.29. The van der Waals surface area contributed by atoms with Gasteiger partial charge in [-0.05, 0) is 13.3 Å². The Kier molecular flexibility index (Phi) is 3.59. The maximum absolute atomic E-state index is 13.6. The summed E-state index contributed by atoms with van der Waals surface area (Å²) in [4.78, 5) is -1.13. The van der Waals surface area contributed by atoms with Crippen LogP contribution in [0.1, 0.15) is 13.3 Å². The number of nitrogens with zero attached hydrogens (tertiary/aromatic N) is 1. The predicted octanol–water partition coefficient (Wildman–Crippen LogP) is 1.21. The van der Waals surface area contributed by atoms with E-state index in [0.717, 1.165) is 4.31 Å². The van der Waals surface area contributed by atoms with E-state index in [2.05, 4.69) is 0 Å². The average Bonchev–Trinajstić information content (AvgIpc) is 2.57. The number of rotatable bonds is 2. The van der Waals surface area contributed by atoms with Gasteiger partial charge in [-0.2, -0.15) is 4.31 Å². The van der Waals surface area contributed by atoms with Gasteiger partial charge in [0, 0.05) is 30.8 Å². The minimum atomic E-state index is -4.36. The topological polar surface area (TPSA) is 63.4 Å². The van der Waals surface area contributed by atoms with Crippen LogP contribution >= 0.6 is 0 Å². The van der Waals surface area contributed by atoms with Gasteiger partial charge in [-0.1, -0.05) is 0 Å². The molecule has 1 aliphatic rings. The van der Waals surface area contributed by atoms with Crippen molar-refractivity contribution in [1.29, 1.82) is 0 Å². The van der Waals surface area contributed by atoms with Crippen molar-refractivity contribution in [3.63, 3.8) is 0 Å². The number of sulfonamides is 1. The molecule has 4 nitrogen and oxygen atoms in total. The minimum Gasteiger partial charge on any atom is -0.326 e. The zero-order valence-corrected chi connectivity index (χ0v) is 10.9. The quantitative estimate of drug-likeness (QED) is 0.892. The molecule has 1 fully saturated rings. The average molecular weight is 294 g/mol. The molecule has 0 bridgehead atoms. The van der Waals surface area contributed by atoms with Crippen LogP contribution in [0.4, 0.5) is 13.2 Å². The molecule has 1 aromatic carbocycles. The van der Waals surface area contributed by atoms with Gasteiger partial charge in [0.05, 0.1) is 0 Å². The van der Waals surface area contributed by atoms with Crippen molar-refractivity contribution in [2.45, 2.75) is 30.3 Å². The molecule has 1 saturated heterocycles. The van der Waals surface area contributed by atoms with Gasteiger partial charge < -0.3 is 5.73 Å². The number of benzene rings is 1. The Balaban J connectivity index is 2.52. The van der Waals surface area contributed by atoms with Crippen LogP contribution in [-0.2, 0) is 10.0 Å². The Labute approximate surface area is 109 Å².